The van der Waals surface area contributed by atoms with Crippen LogP contribution in [0.5, 0.6) is 0 Å². The Morgan fingerprint density at radius 1 is 1.37 bits per heavy atom. The molecule has 2 aromatic rings. The van der Waals surface area contributed by atoms with Gasteiger partial charge in [-0.05, 0) is 53.6 Å². The maximum absolute atomic E-state index is 6.29. The molecule has 0 radical (unpaired) electrons. The average Bonchev–Trinajstić information content (AvgIpc) is 2.88. The third-order valence-corrected chi connectivity index (χ3v) is 5.24. The lowest BCUT2D eigenvalue weighted by atomic mass is 10.0. The van der Waals surface area contributed by atoms with Gasteiger partial charge in [-0.25, -0.2) is 0 Å². The lowest BCUT2D eigenvalue weighted by Crippen LogP contribution is -2.40. The minimum Gasteiger partial charge on any atom is -0.326 e. The van der Waals surface area contributed by atoms with Gasteiger partial charge in [0.05, 0.1) is 6.04 Å². The molecular weight excluding hydrogens is 272 g/mol. The fourth-order valence-corrected chi connectivity index (χ4v) is 4.09. The average molecular weight is 292 g/mol. The summed E-state index contributed by atoms with van der Waals surface area (Å²) in [6, 6.07) is 7.82. The van der Waals surface area contributed by atoms with Crippen LogP contribution in [-0.2, 0) is 6.54 Å². The molecule has 1 saturated carbocycles. The molecular formula is C15H20N2S2. The number of hydrogen-bond acceptors (Lipinski definition) is 4. The molecule has 0 amide bonds. The Labute approximate surface area is 122 Å². The van der Waals surface area contributed by atoms with Crippen molar-refractivity contribution in [1.82, 2.24) is 4.90 Å². The second-order valence-corrected chi connectivity index (χ2v) is 7.16. The van der Waals surface area contributed by atoms with E-state index in [9.17, 15) is 0 Å². The van der Waals surface area contributed by atoms with Crippen molar-refractivity contribution in [3.8, 4) is 0 Å². The Hall–Kier alpha value is -0.680. The Kier molecular flexibility index (Phi) is 4.03. The largest absolute Gasteiger partial charge is 0.326 e. The predicted octanol–water partition coefficient (Wildman–Crippen LogP) is 3.86. The molecule has 1 aliphatic rings. The van der Waals surface area contributed by atoms with Gasteiger partial charge in [-0.15, -0.1) is 11.3 Å². The molecule has 1 fully saturated rings. The SMILES string of the molecule is CC(N)C(c1ccsc1)N(Cc1cccs1)C1CC1. The molecule has 0 aromatic carbocycles. The highest BCUT2D eigenvalue weighted by atomic mass is 32.1. The van der Waals surface area contributed by atoms with Crippen molar-refractivity contribution < 1.29 is 0 Å². The first-order chi connectivity index (χ1) is 9.25. The van der Waals surface area contributed by atoms with Crippen molar-refractivity contribution in [2.45, 2.75) is 44.4 Å². The van der Waals surface area contributed by atoms with E-state index in [-0.39, 0.29) is 6.04 Å². The maximum atomic E-state index is 6.29. The van der Waals surface area contributed by atoms with Crippen molar-refractivity contribution in [3.05, 3.63) is 44.8 Å². The van der Waals surface area contributed by atoms with Crippen LogP contribution in [0.1, 0.15) is 36.2 Å². The first kappa shape index (κ1) is 13.3. The van der Waals surface area contributed by atoms with E-state index in [0.29, 0.717) is 6.04 Å². The van der Waals surface area contributed by atoms with E-state index in [1.54, 1.807) is 11.3 Å². The first-order valence-corrected chi connectivity index (χ1v) is 8.64. The minimum atomic E-state index is 0.162. The quantitative estimate of drug-likeness (QED) is 0.876. The van der Waals surface area contributed by atoms with Crippen molar-refractivity contribution >= 4 is 22.7 Å². The monoisotopic (exact) mass is 292 g/mol. The minimum absolute atomic E-state index is 0.162. The summed E-state index contributed by atoms with van der Waals surface area (Å²) in [6.07, 6.45) is 2.64. The Morgan fingerprint density at radius 3 is 2.74 bits per heavy atom. The molecule has 0 saturated heterocycles. The molecule has 19 heavy (non-hydrogen) atoms. The van der Waals surface area contributed by atoms with E-state index >= 15 is 0 Å². The van der Waals surface area contributed by atoms with Crippen LogP contribution < -0.4 is 5.73 Å². The second kappa shape index (κ2) is 5.75. The van der Waals surface area contributed by atoms with Crippen molar-refractivity contribution in [2.75, 3.05) is 0 Å². The summed E-state index contributed by atoms with van der Waals surface area (Å²) in [5, 5.41) is 6.56. The van der Waals surface area contributed by atoms with Gasteiger partial charge < -0.3 is 5.73 Å². The van der Waals surface area contributed by atoms with E-state index < -0.39 is 0 Å². The number of nitrogens with two attached hydrogens (primary N) is 1. The van der Waals surface area contributed by atoms with Gasteiger partial charge in [0.1, 0.15) is 0 Å². The molecule has 3 rings (SSSR count). The number of nitrogens with zero attached hydrogens (tertiary/aromatic N) is 1. The van der Waals surface area contributed by atoms with Crippen LogP contribution >= 0.6 is 22.7 Å². The van der Waals surface area contributed by atoms with Gasteiger partial charge in [0, 0.05) is 23.5 Å². The third kappa shape index (κ3) is 3.08. The van der Waals surface area contributed by atoms with Gasteiger partial charge in [-0.2, -0.15) is 11.3 Å². The molecule has 102 valence electrons. The second-order valence-electron chi connectivity index (χ2n) is 5.34. The standard InChI is InChI=1S/C15H20N2S2/c1-11(16)15(12-6-8-18-10-12)17(13-4-5-13)9-14-3-2-7-19-14/h2-3,6-8,10-11,13,15H,4-5,9,16H2,1H3. The first-order valence-electron chi connectivity index (χ1n) is 6.81. The van der Waals surface area contributed by atoms with E-state index in [1.165, 1.54) is 23.3 Å². The van der Waals surface area contributed by atoms with E-state index in [2.05, 4.69) is 46.2 Å². The summed E-state index contributed by atoms with van der Waals surface area (Å²) in [4.78, 5) is 4.05. The molecule has 2 nitrogen and oxygen atoms in total. The lowest BCUT2D eigenvalue weighted by molar-refractivity contribution is 0.159. The summed E-state index contributed by atoms with van der Waals surface area (Å²) >= 11 is 3.61. The molecule has 4 heteroatoms. The highest BCUT2D eigenvalue weighted by Gasteiger charge is 2.36. The highest BCUT2D eigenvalue weighted by Crippen LogP contribution is 2.38. The maximum Gasteiger partial charge on any atom is 0.0511 e. The van der Waals surface area contributed by atoms with Crippen LogP contribution in [0.15, 0.2) is 34.3 Å². The van der Waals surface area contributed by atoms with Crippen LogP contribution in [0.3, 0.4) is 0 Å². The molecule has 0 aliphatic heterocycles. The fraction of sp³-hybridized carbons (Fsp3) is 0.467. The van der Waals surface area contributed by atoms with Crippen LogP contribution in [0, 0.1) is 0 Å². The van der Waals surface area contributed by atoms with E-state index in [0.717, 1.165) is 12.6 Å². The van der Waals surface area contributed by atoms with Crippen LogP contribution in [0.2, 0.25) is 0 Å². The van der Waals surface area contributed by atoms with Crippen molar-refractivity contribution in [2.24, 2.45) is 5.73 Å². The molecule has 1 aliphatic carbocycles. The van der Waals surface area contributed by atoms with Crippen molar-refractivity contribution in [3.63, 3.8) is 0 Å². The topological polar surface area (TPSA) is 29.3 Å². The van der Waals surface area contributed by atoms with Gasteiger partial charge in [-0.1, -0.05) is 6.07 Å². The Bertz CT molecular complexity index is 486. The molecule has 2 aromatic heterocycles. The number of thiophene rings is 2. The molecule has 2 unspecified atom stereocenters. The fourth-order valence-electron chi connectivity index (χ4n) is 2.68. The van der Waals surface area contributed by atoms with Gasteiger partial charge in [0.15, 0.2) is 0 Å². The summed E-state index contributed by atoms with van der Waals surface area (Å²) in [6.45, 7) is 3.16. The van der Waals surface area contributed by atoms with E-state index in [1.807, 2.05) is 11.3 Å². The molecule has 2 N–H and O–H groups in total. The Balaban J connectivity index is 1.84. The van der Waals surface area contributed by atoms with Gasteiger partial charge in [0.25, 0.3) is 0 Å². The van der Waals surface area contributed by atoms with Crippen molar-refractivity contribution in [1.29, 1.82) is 0 Å². The lowest BCUT2D eigenvalue weighted by Gasteiger charge is -2.34. The third-order valence-electron chi connectivity index (χ3n) is 3.67. The van der Waals surface area contributed by atoms with Gasteiger partial charge in [0.2, 0.25) is 0 Å². The molecule has 2 heterocycles. The summed E-state index contributed by atoms with van der Waals surface area (Å²) in [5.41, 5.74) is 7.67. The Morgan fingerprint density at radius 2 is 2.21 bits per heavy atom. The van der Waals surface area contributed by atoms with Gasteiger partial charge in [-0.3, -0.25) is 4.90 Å². The number of hydrogen-bond donors (Lipinski definition) is 1. The van der Waals surface area contributed by atoms with Crippen LogP contribution in [-0.4, -0.2) is 17.0 Å². The highest BCUT2D eigenvalue weighted by molar-refractivity contribution is 7.09. The molecule has 0 bridgehead atoms. The zero-order valence-electron chi connectivity index (χ0n) is 11.2. The normalized spacial score (nSPS) is 18.7. The smallest absolute Gasteiger partial charge is 0.0511 e. The molecule has 0 spiro atoms. The van der Waals surface area contributed by atoms with Crippen LogP contribution in [0.25, 0.3) is 0 Å². The zero-order valence-corrected chi connectivity index (χ0v) is 12.8. The summed E-state index contributed by atoms with van der Waals surface area (Å²) in [7, 11) is 0. The zero-order chi connectivity index (χ0) is 13.2. The van der Waals surface area contributed by atoms with Crippen LogP contribution in [0.4, 0.5) is 0 Å². The molecule has 2 atom stereocenters. The predicted molar refractivity (Wildman–Crippen MR) is 83.6 cm³/mol. The van der Waals surface area contributed by atoms with E-state index in [4.69, 9.17) is 5.73 Å². The number of rotatable bonds is 6. The summed E-state index contributed by atoms with van der Waals surface area (Å²) in [5.74, 6) is 0. The summed E-state index contributed by atoms with van der Waals surface area (Å²) < 4.78 is 0. The van der Waals surface area contributed by atoms with Gasteiger partial charge >= 0.3 is 0 Å².